The van der Waals surface area contributed by atoms with Crippen LogP contribution in [0.25, 0.3) is 11.1 Å². The van der Waals surface area contributed by atoms with E-state index in [2.05, 4.69) is 10.5 Å². The maximum atomic E-state index is 14.2. The zero-order chi connectivity index (χ0) is 24.2. The molecule has 0 fully saturated rings. The van der Waals surface area contributed by atoms with Crippen molar-refractivity contribution in [3.63, 3.8) is 0 Å². The van der Waals surface area contributed by atoms with Gasteiger partial charge in [-0.05, 0) is 54.2 Å². The Balaban J connectivity index is 1.83. The van der Waals surface area contributed by atoms with Gasteiger partial charge < -0.3 is 25.2 Å². The van der Waals surface area contributed by atoms with E-state index in [9.17, 15) is 29.3 Å². The van der Waals surface area contributed by atoms with Crippen LogP contribution in [0.1, 0.15) is 29.5 Å². The van der Waals surface area contributed by atoms with E-state index in [1.54, 1.807) is 24.3 Å². The quantitative estimate of drug-likeness (QED) is 0.370. The molecule has 0 spiro atoms. The Morgan fingerprint density at radius 2 is 1.91 bits per heavy atom. The molecular formula is C23H22ClFN2O6. The fourth-order valence-electron chi connectivity index (χ4n) is 3.39. The molecular weight excluding hydrogens is 455 g/mol. The molecule has 0 bridgehead atoms. The molecule has 4 N–H and O–H groups in total. The van der Waals surface area contributed by atoms with Crippen molar-refractivity contribution in [1.29, 1.82) is 0 Å². The highest BCUT2D eigenvalue weighted by Gasteiger charge is 2.36. The Bertz CT molecular complexity index is 1150. The summed E-state index contributed by atoms with van der Waals surface area (Å²) in [6, 6.07) is 11.4. The van der Waals surface area contributed by atoms with Crippen molar-refractivity contribution in [2.24, 2.45) is 5.41 Å². The van der Waals surface area contributed by atoms with Crippen LogP contribution in [0.5, 0.6) is 5.88 Å². The number of nitrogens with zero attached hydrogens (tertiary/aromatic N) is 1. The van der Waals surface area contributed by atoms with Crippen molar-refractivity contribution in [3.8, 4) is 17.0 Å². The summed E-state index contributed by atoms with van der Waals surface area (Å²) in [5, 5.41) is 34.8. The largest absolute Gasteiger partial charge is 0.491 e. The number of carbonyl (C=O) groups is 2. The molecule has 1 aromatic heterocycles. The average Bonchev–Trinajstić information content (AvgIpc) is 3.22. The fraction of sp³-hybridized carbons (Fsp3) is 0.261. The number of hydrogen-bond donors (Lipinski definition) is 4. The number of benzene rings is 2. The minimum absolute atomic E-state index is 0.0879. The summed E-state index contributed by atoms with van der Waals surface area (Å²) in [5.41, 5.74) is 0.160. The molecule has 0 aliphatic carbocycles. The summed E-state index contributed by atoms with van der Waals surface area (Å²) in [6.45, 7) is 0.741. The maximum absolute atomic E-state index is 14.2. The third-order valence-corrected chi connectivity index (χ3v) is 5.53. The number of halogens is 2. The SMILES string of the molecule is C[C@@](CO)(C[C@@H](Cc1ccc(-c2cc(Cl)ccc2F)cc1)NC(=O)c1cc(O)no1)C(=O)O. The molecule has 0 aliphatic rings. The molecule has 0 unspecified atom stereocenters. The minimum Gasteiger partial charge on any atom is -0.491 e. The van der Waals surface area contributed by atoms with Crippen LogP contribution >= 0.6 is 11.6 Å². The normalized spacial score (nSPS) is 13.8. The van der Waals surface area contributed by atoms with Gasteiger partial charge in [-0.15, -0.1) is 0 Å². The molecule has 1 heterocycles. The van der Waals surface area contributed by atoms with Gasteiger partial charge in [-0.1, -0.05) is 35.9 Å². The first-order valence-electron chi connectivity index (χ1n) is 9.96. The van der Waals surface area contributed by atoms with E-state index in [4.69, 9.17) is 16.1 Å². The molecule has 1 amide bonds. The number of carboxylic acid groups (broad SMARTS) is 1. The number of aliphatic hydroxyl groups excluding tert-OH is 1. The minimum atomic E-state index is -1.51. The Morgan fingerprint density at radius 1 is 1.21 bits per heavy atom. The van der Waals surface area contributed by atoms with E-state index in [0.717, 1.165) is 11.6 Å². The number of aromatic hydroxyl groups is 1. The van der Waals surface area contributed by atoms with Crippen LogP contribution in [-0.2, 0) is 11.2 Å². The van der Waals surface area contributed by atoms with Crippen LogP contribution in [0, 0.1) is 11.2 Å². The molecule has 2 atom stereocenters. The van der Waals surface area contributed by atoms with Crippen LogP contribution in [0.4, 0.5) is 4.39 Å². The van der Waals surface area contributed by atoms with Crippen molar-refractivity contribution >= 4 is 23.5 Å². The standard InChI is InChI=1S/C23H22ClFN2O6/c1-23(12-28,22(31)32)11-16(26-21(30)19-10-20(29)27-33-19)8-13-2-4-14(5-3-13)17-9-15(24)6-7-18(17)25/h2-7,9-10,16,28H,8,11-12H2,1H3,(H,26,30)(H,27,29)(H,31,32)/t16-,23+/m1/s1. The highest BCUT2D eigenvalue weighted by atomic mass is 35.5. The zero-order valence-corrected chi connectivity index (χ0v) is 18.3. The first-order valence-corrected chi connectivity index (χ1v) is 10.3. The molecule has 3 rings (SSSR count). The number of rotatable bonds is 9. The molecule has 0 saturated carbocycles. The lowest BCUT2D eigenvalue weighted by Crippen LogP contribution is -2.44. The Labute approximate surface area is 193 Å². The second-order valence-corrected chi connectivity index (χ2v) is 8.41. The summed E-state index contributed by atoms with van der Waals surface area (Å²) >= 11 is 5.97. The molecule has 0 saturated heterocycles. The lowest BCUT2D eigenvalue weighted by molar-refractivity contribution is -0.151. The molecule has 0 aliphatic heterocycles. The Kier molecular flexibility index (Phi) is 7.35. The summed E-state index contributed by atoms with van der Waals surface area (Å²) in [6.07, 6.45) is 0.127. The van der Waals surface area contributed by atoms with E-state index in [1.807, 2.05) is 0 Å². The Hall–Kier alpha value is -3.43. The average molecular weight is 477 g/mol. The summed E-state index contributed by atoms with van der Waals surface area (Å²) in [7, 11) is 0. The van der Waals surface area contributed by atoms with Gasteiger partial charge in [0.2, 0.25) is 5.76 Å². The lowest BCUT2D eigenvalue weighted by atomic mass is 9.82. The number of aliphatic carboxylic acids is 1. The van der Waals surface area contributed by atoms with Gasteiger partial charge in [0, 0.05) is 16.6 Å². The van der Waals surface area contributed by atoms with Gasteiger partial charge in [-0.25, -0.2) is 4.39 Å². The summed E-state index contributed by atoms with van der Waals surface area (Å²) in [4.78, 5) is 24.2. The predicted octanol–water partition coefficient (Wildman–Crippen LogP) is 3.65. The maximum Gasteiger partial charge on any atom is 0.311 e. The Morgan fingerprint density at radius 3 is 2.48 bits per heavy atom. The van der Waals surface area contributed by atoms with Gasteiger partial charge in [-0.3, -0.25) is 9.59 Å². The summed E-state index contributed by atoms with van der Waals surface area (Å²) in [5.74, 6) is -3.05. The second-order valence-electron chi connectivity index (χ2n) is 7.97. The van der Waals surface area contributed by atoms with Crippen LogP contribution in [-0.4, -0.2) is 45.0 Å². The number of aliphatic hydroxyl groups is 1. The van der Waals surface area contributed by atoms with E-state index < -0.39 is 41.6 Å². The first kappa shape index (κ1) is 24.2. The first-order chi connectivity index (χ1) is 15.6. The summed E-state index contributed by atoms with van der Waals surface area (Å²) < 4.78 is 18.9. The molecule has 10 heteroatoms. The third kappa shape index (κ3) is 5.88. The zero-order valence-electron chi connectivity index (χ0n) is 17.6. The molecule has 174 valence electrons. The molecule has 2 aromatic carbocycles. The highest BCUT2D eigenvalue weighted by molar-refractivity contribution is 6.30. The van der Waals surface area contributed by atoms with Gasteiger partial charge in [0.1, 0.15) is 5.82 Å². The number of hydrogen-bond acceptors (Lipinski definition) is 6. The van der Waals surface area contributed by atoms with Crippen LogP contribution < -0.4 is 5.32 Å². The van der Waals surface area contributed by atoms with Gasteiger partial charge >= 0.3 is 5.97 Å². The molecule has 0 radical (unpaired) electrons. The second kappa shape index (κ2) is 10.0. The third-order valence-electron chi connectivity index (χ3n) is 5.29. The topological polar surface area (TPSA) is 133 Å². The number of nitrogens with one attached hydrogen (secondary N) is 1. The van der Waals surface area contributed by atoms with E-state index in [1.165, 1.54) is 25.1 Å². The molecule has 3 aromatic rings. The van der Waals surface area contributed by atoms with E-state index in [0.29, 0.717) is 16.1 Å². The smallest absolute Gasteiger partial charge is 0.311 e. The predicted molar refractivity (Wildman–Crippen MR) is 117 cm³/mol. The van der Waals surface area contributed by atoms with Gasteiger partial charge in [-0.2, -0.15) is 0 Å². The van der Waals surface area contributed by atoms with E-state index in [-0.39, 0.29) is 18.6 Å². The van der Waals surface area contributed by atoms with Crippen molar-refractivity contribution in [1.82, 2.24) is 10.5 Å². The lowest BCUT2D eigenvalue weighted by Gasteiger charge is -2.28. The number of aromatic nitrogens is 1. The van der Waals surface area contributed by atoms with Crippen molar-refractivity contribution in [2.45, 2.75) is 25.8 Å². The van der Waals surface area contributed by atoms with E-state index >= 15 is 0 Å². The monoisotopic (exact) mass is 476 g/mol. The van der Waals surface area contributed by atoms with Crippen molar-refractivity contribution in [3.05, 3.63) is 70.7 Å². The van der Waals surface area contributed by atoms with Crippen LogP contribution in [0.15, 0.2) is 53.1 Å². The molecule has 8 nitrogen and oxygen atoms in total. The van der Waals surface area contributed by atoms with Gasteiger partial charge in [0.05, 0.1) is 18.1 Å². The number of carbonyl (C=O) groups excluding carboxylic acids is 1. The van der Waals surface area contributed by atoms with Crippen molar-refractivity contribution in [2.75, 3.05) is 6.61 Å². The van der Waals surface area contributed by atoms with Crippen LogP contribution in [0.2, 0.25) is 5.02 Å². The highest BCUT2D eigenvalue weighted by Crippen LogP contribution is 2.28. The molecule has 33 heavy (non-hydrogen) atoms. The van der Waals surface area contributed by atoms with Crippen molar-refractivity contribution < 1.29 is 33.8 Å². The van der Waals surface area contributed by atoms with Crippen LogP contribution in [0.3, 0.4) is 0 Å². The number of carboxylic acids is 1. The van der Waals surface area contributed by atoms with Gasteiger partial charge in [0.15, 0.2) is 0 Å². The van der Waals surface area contributed by atoms with Gasteiger partial charge in [0.25, 0.3) is 11.8 Å². The fourth-order valence-corrected chi connectivity index (χ4v) is 3.56. The number of amides is 1.